The lowest BCUT2D eigenvalue weighted by atomic mass is 10.0. The van der Waals surface area contributed by atoms with Crippen LogP contribution < -0.4 is 9.80 Å². The third-order valence-electron chi connectivity index (χ3n) is 4.43. The number of carbonyl (C=O) groups is 1. The fourth-order valence-corrected chi connectivity index (χ4v) is 3.07. The number of nitrogens with zero attached hydrogens (tertiary/aromatic N) is 3. The lowest BCUT2D eigenvalue weighted by Gasteiger charge is -2.30. The van der Waals surface area contributed by atoms with Gasteiger partial charge in [-0.3, -0.25) is 9.69 Å². The molecule has 5 heteroatoms. The van der Waals surface area contributed by atoms with Gasteiger partial charge < -0.3 is 4.90 Å². The van der Waals surface area contributed by atoms with Gasteiger partial charge in [0, 0.05) is 5.69 Å². The fraction of sp³-hybridized carbons (Fsp3) is 0.200. The molecule has 0 unspecified atom stereocenters. The van der Waals surface area contributed by atoms with Crippen LogP contribution >= 0.6 is 0 Å². The molecule has 25 heavy (non-hydrogen) atoms. The number of nitriles is 1. The standard InChI is InChI=1S/C20H18FN3O/c1-13-5-8-16(9-6-13)24-14(2)23(19(25)20(24,3)4)17-10-7-15(12-22)18(21)11-17/h5-11H,2H2,1,3-4H3. The number of anilines is 2. The second-order valence-electron chi connectivity index (χ2n) is 6.56. The van der Waals surface area contributed by atoms with Crippen molar-refractivity contribution in [1.29, 1.82) is 5.26 Å². The quantitative estimate of drug-likeness (QED) is 0.830. The Labute approximate surface area is 146 Å². The summed E-state index contributed by atoms with van der Waals surface area (Å²) in [6.45, 7) is 9.66. The third kappa shape index (κ3) is 2.56. The molecular weight excluding hydrogens is 317 g/mol. The van der Waals surface area contributed by atoms with Gasteiger partial charge in [-0.2, -0.15) is 5.26 Å². The first-order valence-corrected chi connectivity index (χ1v) is 7.87. The number of benzene rings is 2. The van der Waals surface area contributed by atoms with Crippen LogP contribution in [0.25, 0.3) is 0 Å². The molecule has 2 aromatic carbocycles. The highest BCUT2D eigenvalue weighted by atomic mass is 19.1. The molecule has 0 N–H and O–H groups in total. The molecule has 0 aliphatic carbocycles. The van der Waals surface area contributed by atoms with E-state index in [0.717, 1.165) is 11.3 Å². The van der Waals surface area contributed by atoms with E-state index in [-0.39, 0.29) is 11.5 Å². The van der Waals surface area contributed by atoms with Gasteiger partial charge in [-0.15, -0.1) is 0 Å². The van der Waals surface area contributed by atoms with Gasteiger partial charge in [-0.25, -0.2) is 4.39 Å². The molecular formula is C20H18FN3O. The lowest BCUT2D eigenvalue weighted by molar-refractivity contribution is -0.120. The first-order chi connectivity index (χ1) is 11.8. The predicted molar refractivity (Wildman–Crippen MR) is 95.5 cm³/mol. The topological polar surface area (TPSA) is 47.3 Å². The average molecular weight is 335 g/mol. The minimum absolute atomic E-state index is 0.0596. The number of rotatable bonds is 2. The van der Waals surface area contributed by atoms with E-state index < -0.39 is 11.4 Å². The van der Waals surface area contributed by atoms with Crippen molar-refractivity contribution >= 4 is 17.3 Å². The first kappa shape index (κ1) is 16.7. The van der Waals surface area contributed by atoms with Crippen LogP contribution in [0.2, 0.25) is 0 Å². The Hall–Kier alpha value is -3.13. The molecule has 1 amide bonds. The van der Waals surface area contributed by atoms with Crippen molar-refractivity contribution in [3.8, 4) is 6.07 Å². The number of hydrogen-bond donors (Lipinski definition) is 0. The van der Waals surface area contributed by atoms with Crippen LogP contribution in [0.15, 0.2) is 54.9 Å². The molecule has 0 radical (unpaired) electrons. The van der Waals surface area contributed by atoms with Gasteiger partial charge >= 0.3 is 0 Å². The van der Waals surface area contributed by atoms with Gasteiger partial charge in [-0.1, -0.05) is 24.3 Å². The molecule has 126 valence electrons. The Bertz CT molecular complexity index is 910. The average Bonchev–Trinajstić information content (AvgIpc) is 2.74. The van der Waals surface area contributed by atoms with Crippen LogP contribution in [-0.2, 0) is 4.79 Å². The molecule has 3 rings (SSSR count). The van der Waals surface area contributed by atoms with Crippen molar-refractivity contribution in [2.24, 2.45) is 0 Å². The molecule has 0 spiro atoms. The van der Waals surface area contributed by atoms with Crippen molar-refractivity contribution in [2.75, 3.05) is 9.80 Å². The summed E-state index contributed by atoms with van der Waals surface area (Å²) in [5.41, 5.74) is 1.38. The van der Waals surface area contributed by atoms with E-state index in [4.69, 9.17) is 5.26 Å². The molecule has 0 atom stereocenters. The van der Waals surface area contributed by atoms with E-state index in [9.17, 15) is 9.18 Å². The Morgan fingerprint density at radius 3 is 2.28 bits per heavy atom. The SMILES string of the molecule is C=C1N(c2ccc(C#N)c(F)c2)C(=O)C(C)(C)N1c1ccc(C)cc1. The maximum atomic E-state index is 14.0. The van der Waals surface area contributed by atoms with E-state index in [2.05, 4.69) is 6.58 Å². The molecule has 1 saturated heterocycles. The van der Waals surface area contributed by atoms with Gasteiger partial charge in [0.1, 0.15) is 23.2 Å². The zero-order chi connectivity index (χ0) is 18.4. The van der Waals surface area contributed by atoms with Gasteiger partial charge in [0.05, 0.1) is 11.3 Å². The van der Waals surface area contributed by atoms with Crippen molar-refractivity contribution in [2.45, 2.75) is 26.3 Å². The molecule has 0 saturated carbocycles. The highest BCUT2D eigenvalue weighted by molar-refractivity contribution is 6.09. The maximum absolute atomic E-state index is 14.0. The molecule has 1 aliphatic rings. The fourth-order valence-electron chi connectivity index (χ4n) is 3.07. The highest BCUT2D eigenvalue weighted by Crippen LogP contribution is 2.40. The highest BCUT2D eigenvalue weighted by Gasteiger charge is 2.49. The number of amides is 1. The summed E-state index contributed by atoms with van der Waals surface area (Å²) in [7, 11) is 0. The number of carbonyl (C=O) groups excluding carboxylic acids is 1. The van der Waals surface area contributed by atoms with Crippen molar-refractivity contribution in [1.82, 2.24) is 0 Å². The van der Waals surface area contributed by atoms with Crippen LogP contribution in [-0.4, -0.2) is 11.4 Å². The second kappa shape index (κ2) is 5.75. The first-order valence-electron chi connectivity index (χ1n) is 7.87. The molecule has 1 aliphatic heterocycles. The second-order valence-corrected chi connectivity index (χ2v) is 6.56. The summed E-state index contributed by atoms with van der Waals surface area (Å²) in [4.78, 5) is 16.2. The lowest BCUT2D eigenvalue weighted by Crippen LogP contribution is -2.43. The molecule has 2 aromatic rings. The Morgan fingerprint density at radius 2 is 1.72 bits per heavy atom. The van der Waals surface area contributed by atoms with Crippen molar-refractivity contribution < 1.29 is 9.18 Å². The van der Waals surface area contributed by atoms with Crippen LogP contribution in [0.1, 0.15) is 25.0 Å². The monoisotopic (exact) mass is 335 g/mol. The van der Waals surface area contributed by atoms with Gasteiger partial charge in [0.15, 0.2) is 0 Å². The summed E-state index contributed by atoms with van der Waals surface area (Å²) in [6.07, 6.45) is 0. The van der Waals surface area contributed by atoms with Crippen LogP contribution in [0.3, 0.4) is 0 Å². The molecule has 0 bridgehead atoms. The Balaban J connectivity index is 2.07. The minimum atomic E-state index is -0.864. The van der Waals surface area contributed by atoms with Crippen molar-refractivity contribution in [3.05, 3.63) is 71.8 Å². The number of aryl methyl sites for hydroxylation is 1. The summed E-state index contributed by atoms with van der Waals surface area (Å²) >= 11 is 0. The zero-order valence-electron chi connectivity index (χ0n) is 14.4. The molecule has 1 fully saturated rings. The van der Waals surface area contributed by atoms with Gasteiger partial charge in [-0.05, 0) is 51.1 Å². The molecule has 4 nitrogen and oxygen atoms in total. The van der Waals surface area contributed by atoms with E-state index >= 15 is 0 Å². The zero-order valence-corrected chi connectivity index (χ0v) is 14.4. The van der Waals surface area contributed by atoms with Crippen molar-refractivity contribution in [3.63, 3.8) is 0 Å². The summed E-state index contributed by atoms with van der Waals surface area (Å²) < 4.78 is 14.0. The molecule has 0 aromatic heterocycles. The van der Waals surface area contributed by atoms with Crippen LogP contribution in [0.5, 0.6) is 0 Å². The van der Waals surface area contributed by atoms with E-state index in [1.807, 2.05) is 36.1 Å². The van der Waals surface area contributed by atoms with Gasteiger partial charge in [0.25, 0.3) is 5.91 Å². The minimum Gasteiger partial charge on any atom is -0.313 e. The smallest absolute Gasteiger partial charge is 0.258 e. The van der Waals surface area contributed by atoms with Crippen LogP contribution in [0.4, 0.5) is 15.8 Å². The van der Waals surface area contributed by atoms with Gasteiger partial charge in [0.2, 0.25) is 0 Å². The third-order valence-corrected chi connectivity index (χ3v) is 4.43. The van der Waals surface area contributed by atoms with E-state index in [0.29, 0.717) is 11.5 Å². The summed E-state index contributed by atoms with van der Waals surface area (Å²) in [6, 6.07) is 13.7. The summed E-state index contributed by atoms with van der Waals surface area (Å²) in [5, 5.41) is 8.88. The summed E-state index contributed by atoms with van der Waals surface area (Å²) in [5.74, 6) is -0.419. The maximum Gasteiger partial charge on any atom is 0.258 e. The Kier molecular flexibility index (Phi) is 3.84. The molecule has 1 heterocycles. The largest absolute Gasteiger partial charge is 0.313 e. The van der Waals surface area contributed by atoms with Crippen LogP contribution in [0, 0.1) is 24.1 Å². The normalized spacial score (nSPS) is 16.3. The Morgan fingerprint density at radius 1 is 1.12 bits per heavy atom. The van der Waals surface area contributed by atoms with E-state index in [1.165, 1.54) is 17.0 Å². The number of hydrogen-bond acceptors (Lipinski definition) is 3. The van der Waals surface area contributed by atoms with E-state index in [1.54, 1.807) is 26.0 Å². The number of halogens is 1. The predicted octanol–water partition coefficient (Wildman–Crippen LogP) is 4.11.